The first-order valence-corrected chi connectivity index (χ1v) is 6.90. The van der Waals surface area contributed by atoms with E-state index in [1.807, 2.05) is 37.1 Å². The lowest BCUT2D eigenvalue weighted by Gasteiger charge is -2.13. The van der Waals surface area contributed by atoms with Gasteiger partial charge in [-0.3, -0.25) is 14.6 Å². The van der Waals surface area contributed by atoms with E-state index in [1.165, 1.54) is 0 Å². The van der Waals surface area contributed by atoms with Gasteiger partial charge >= 0.3 is 0 Å². The molecule has 0 saturated carbocycles. The molecule has 2 heterocycles. The van der Waals surface area contributed by atoms with E-state index in [9.17, 15) is 4.79 Å². The monoisotopic (exact) mass is 275 g/mol. The maximum atomic E-state index is 11.7. The van der Waals surface area contributed by atoms with Crippen LogP contribution in [0.25, 0.3) is 0 Å². The lowest BCUT2D eigenvalue weighted by atomic mass is 10.1. The van der Waals surface area contributed by atoms with E-state index >= 15 is 0 Å². The zero-order valence-electron chi connectivity index (χ0n) is 12.0. The maximum absolute atomic E-state index is 11.7. The molecule has 2 aromatic heterocycles. The van der Waals surface area contributed by atoms with Crippen LogP contribution in [-0.4, -0.2) is 32.4 Å². The summed E-state index contributed by atoms with van der Waals surface area (Å²) in [4.78, 5) is 11.7. The minimum atomic E-state index is 0.0872. The molecule has 6 nitrogen and oxygen atoms in total. The molecule has 0 fully saturated rings. The van der Waals surface area contributed by atoms with E-state index < -0.39 is 0 Å². The summed E-state index contributed by atoms with van der Waals surface area (Å²) in [6.45, 7) is 4.65. The maximum Gasteiger partial charge on any atom is 0.220 e. The molecule has 1 atom stereocenters. The average molecular weight is 275 g/mol. The van der Waals surface area contributed by atoms with Crippen molar-refractivity contribution in [2.24, 2.45) is 0 Å². The number of hydrogen-bond donors (Lipinski definition) is 2. The van der Waals surface area contributed by atoms with Gasteiger partial charge < -0.3 is 5.32 Å². The van der Waals surface area contributed by atoms with Crippen LogP contribution in [0.4, 0.5) is 0 Å². The van der Waals surface area contributed by atoms with Crippen LogP contribution in [0.3, 0.4) is 0 Å². The second kappa shape index (κ2) is 6.88. The Hall–Kier alpha value is -2.11. The number of rotatable bonds is 7. The third-order valence-corrected chi connectivity index (χ3v) is 3.20. The number of nitrogens with one attached hydrogen (secondary N) is 2. The Kier molecular flexibility index (Phi) is 4.92. The molecule has 0 aliphatic rings. The lowest BCUT2D eigenvalue weighted by Crippen LogP contribution is -2.29. The Labute approximate surface area is 118 Å². The van der Waals surface area contributed by atoms with Gasteiger partial charge in [-0.1, -0.05) is 0 Å². The van der Waals surface area contributed by atoms with Crippen molar-refractivity contribution in [1.82, 2.24) is 25.3 Å². The summed E-state index contributed by atoms with van der Waals surface area (Å²) in [5.41, 5.74) is 2.27. The number of aryl methyl sites for hydroxylation is 2. The number of aromatic nitrogens is 4. The number of hydrogen-bond acceptors (Lipinski definition) is 3. The molecule has 2 aromatic rings. The fourth-order valence-corrected chi connectivity index (χ4v) is 1.98. The molecule has 0 saturated heterocycles. The minimum absolute atomic E-state index is 0.0872. The van der Waals surface area contributed by atoms with Crippen LogP contribution in [0.5, 0.6) is 0 Å². The van der Waals surface area contributed by atoms with Crippen LogP contribution < -0.4 is 5.32 Å². The van der Waals surface area contributed by atoms with Gasteiger partial charge in [0.05, 0.1) is 18.4 Å². The van der Waals surface area contributed by atoms with Gasteiger partial charge in [0.15, 0.2) is 0 Å². The van der Waals surface area contributed by atoms with Crippen molar-refractivity contribution in [3.05, 3.63) is 35.9 Å². The van der Waals surface area contributed by atoms with Crippen molar-refractivity contribution in [2.45, 2.75) is 39.2 Å². The summed E-state index contributed by atoms with van der Waals surface area (Å²) in [6, 6.07) is 0.168. The van der Waals surface area contributed by atoms with E-state index in [-0.39, 0.29) is 11.9 Å². The molecule has 0 aliphatic heterocycles. The highest BCUT2D eigenvalue weighted by Crippen LogP contribution is 2.05. The van der Waals surface area contributed by atoms with Gasteiger partial charge in [0.2, 0.25) is 5.91 Å². The molecular formula is C14H21N5O. The molecule has 0 bridgehead atoms. The van der Waals surface area contributed by atoms with Gasteiger partial charge in [-0.15, -0.1) is 0 Å². The summed E-state index contributed by atoms with van der Waals surface area (Å²) < 4.78 is 1.88. The predicted molar refractivity (Wildman–Crippen MR) is 76.2 cm³/mol. The highest BCUT2D eigenvalue weighted by Gasteiger charge is 2.08. The first-order chi connectivity index (χ1) is 9.65. The third kappa shape index (κ3) is 4.22. The molecule has 2 rings (SSSR count). The second-order valence-corrected chi connectivity index (χ2v) is 5.11. The van der Waals surface area contributed by atoms with Gasteiger partial charge in [-0.2, -0.15) is 10.2 Å². The van der Waals surface area contributed by atoms with E-state index in [1.54, 1.807) is 6.20 Å². The summed E-state index contributed by atoms with van der Waals surface area (Å²) in [5, 5.41) is 13.8. The molecule has 0 spiro atoms. The molecule has 20 heavy (non-hydrogen) atoms. The van der Waals surface area contributed by atoms with Gasteiger partial charge in [0.25, 0.3) is 0 Å². The van der Waals surface area contributed by atoms with Crippen LogP contribution in [0.2, 0.25) is 0 Å². The van der Waals surface area contributed by atoms with Crippen LogP contribution in [0.15, 0.2) is 24.8 Å². The van der Waals surface area contributed by atoms with Crippen molar-refractivity contribution < 1.29 is 4.79 Å². The highest BCUT2D eigenvalue weighted by molar-refractivity contribution is 5.75. The number of amides is 1. The number of aromatic amines is 1. The molecule has 0 aliphatic carbocycles. The smallest absolute Gasteiger partial charge is 0.220 e. The Morgan fingerprint density at radius 1 is 1.50 bits per heavy atom. The molecule has 6 heteroatoms. The van der Waals surface area contributed by atoms with Crippen LogP contribution >= 0.6 is 0 Å². The first kappa shape index (κ1) is 14.3. The van der Waals surface area contributed by atoms with E-state index in [0.717, 1.165) is 24.0 Å². The Morgan fingerprint density at radius 3 is 3.00 bits per heavy atom. The molecule has 1 unspecified atom stereocenters. The Balaban J connectivity index is 1.64. The summed E-state index contributed by atoms with van der Waals surface area (Å²) in [6.07, 6.45) is 9.70. The van der Waals surface area contributed by atoms with Crippen molar-refractivity contribution in [3.8, 4) is 0 Å². The predicted octanol–water partition coefficient (Wildman–Crippen LogP) is 1.61. The SMILES string of the molecule is Cc1cnn(C(C)CNC(=O)CCCc2cn[nH]c2)c1. The highest BCUT2D eigenvalue weighted by atomic mass is 16.1. The quantitative estimate of drug-likeness (QED) is 0.806. The van der Waals surface area contributed by atoms with Crippen molar-refractivity contribution in [1.29, 1.82) is 0 Å². The Morgan fingerprint density at radius 2 is 2.35 bits per heavy atom. The summed E-state index contributed by atoms with van der Waals surface area (Å²) in [7, 11) is 0. The van der Waals surface area contributed by atoms with E-state index in [4.69, 9.17) is 0 Å². The lowest BCUT2D eigenvalue weighted by molar-refractivity contribution is -0.121. The molecule has 2 N–H and O–H groups in total. The first-order valence-electron chi connectivity index (χ1n) is 6.90. The molecular weight excluding hydrogens is 254 g/mol. The zero-order chi connectivity index (χ0) is 14.4. The van der Waals surface area contributed by atoms with Crippen molar-refractivity contribution in [3.63, 3.8) is 0 Å². The zero-order valence-corrected chi connectivity index (χ0v) is 12.0. The van der Waals surface area contributed by atoms with Gasteiger partial charge in [-0.25, -0.2) is 0 Å². The molecule has 108 valence electrons. The number of nitrogens with zero attached hydrogens (tertiary/aromatic N) is 3. The molecule has 0 radical (unpaired) electrons. The van der Waals surface area contributed by atoms with E-state index in [0.29, 0.717) is 13.0 Å². The van der Waals surface area contributed by atoms with Gasteiger partial charge in [0.1, 0.15) is 0 Å². The standard InChI is InChI=1S/C14H21N5O/c1-11-6-18-19(10-11)12(2)7-15-14(20)5-3-4-13-8-16-17-9-13/h6,8-10,12H,3-5,7H2,1-2H3,(H,15,20)(H,16,17). The summed E-state index contributed by atoms with van der Waals surface area (Å²) in [5.74, 6) is 0.0872. The third-order valence-electron chi connectivity index (χ3n) is 3.20. The summed E-state index contributed by atoms with van der Waals surface area (Å²) >= 11 is 0. The fourth-order valence-electron chi connectivity index (χ4n) is 1.98. The normalized spacial score (nSPS) is 12.3. The van der Waals surface area contributed by atoms with Gasteiger partial charge in [-0.05, 0) is 37.8 Å². The largest absolute Gasteiger partial charge is 0.354 e. The minimum Gasteiger partial charge on any atom is -0.354 e. The van der Waals surface area contributed by atoms with Crippen LogP contribution in [-0.2, 0) is 11.2 Å². The Bertz CT molecular complexity index is 532. The fraction of sp³-hybridized carbons (Fsp3) is 0.500. The van der Waals surface area contributed by atoms with E-state index in [2.05, 4.69) is 20.6 Å². The van der Waals surface area contributed by atoms with Crippen LogP contribution in [0, 0.1) is 6.92 Å². The topological polar surface area (TPSA) is 75.6 Å². The van der Waals surface area contributed by atoms with Crippen LogP contribution in [0.1, 0.15) is 36.9 Å². The van der Waals surface area contributed by atoms with Crippen molar-refractivity contribution >= 4 is 5.91 Å². The molecule has 0 aromatic carbocycles. The van der Waals surface area contributed by atoms with Crippen molar-refractivity contribution in [2.75, 3.05) is 6.54 Å². The average Bonchev–Trinajstić information content (AvgIpc) is 3.07. The molecule has 1 amide bonds. The number of carbonyl (C=O) groups is 1. The van der Waals surface area contributed by atoms with Gasteiger partial charge in [0, 0.05) is 25.4 Å². The second-order valence-electron chi connectivity index (χ2n) is 5.11. The number of carbonyl (C=O) groups excluding carboxylic acids is 1. The number of H-pyrrole nitrogens is 1.